The number of aromatic nitrogens is 4. The highest BCUT2D eigenvalue weighted by atomic mass is 35.5. The number of ether oxygens (including phenoxy) is 1. The van der Waals surface area contributed by atoms with Crippen LogP contribution in [0.5, 0.6) is 5.75 Å². The number of benzene rings is 1. The number of halogens is 1. The van der Waals surface area contributed by atoms with Gasteiger partial charge in [0.1, 0.15) is 18.2 Å². The van der Waals surface area contributed by atoms with Crippen LogP contribution < -0.4 is 10.1 Å². The first-order chi connectivity index (χ1) is 13.6. The van der Waals surface area contributed by atoms with E-state index in [0.717, 1.165) is 22.6 Å². The van der Waals surface area contributed by atoms with Gasteiger partial charge in [0.15, 0.2) is 11.0 Å². The van der Waals surface area contributed by atoms with E-state index in [4.69, 9.17) is 16.3 Å². The first kappa shape index (κ1) is 18.2. The second-order valence-corrected chi connectivity index (χ2v) is 6.80. The Morgan fingerprint density at radius 3 is 2.89 bits per heavy atom. The maximum Gasteiger partial charge on any atom is 0.226 e. The van der Waals surface area contributed by atoms with Crippen molar-refractivity contribution < 1.29 is 9.53 Å². The lowest BCUT2D eigenvalue weighted by molar-refractivity contribution is -0.116. The summed E-state index contributed by atoms with van der Waals surface area (Å²) in [6, 6.07) is 11.1. The molecule has 142 valence electrons. The number of nitrogens with one attached hydrogen (secondary N) is 1. The Balaban J connectivity index is 1.84. The topological polar surface area (TPSA) is 81.9 Å². The number of anilines is 1. The molecule has 7 nitrogen and oxygen atoms in total. The minimum atomic E-state index is -0.182. The smallest absolute Gasteiger partial charge is 0.226 e. The fourth-order valence-corrected chi connectivity index (χ4v) is 3.55. The summed E-state index contributed by atoms with van der Waals surface area (Å²) in [5, 5.41) is 15.8. The first-order valence-electron chi connectivity index (χ1n) is 8.80. The third-order valence-electron chi connectivity index (χ3n) is 4.59. The molecule has 1 atom stereocenters. The van der Waals surface area contributed by atoms with Gasteiger partial charge in [-0.2, -0.15) is 9.78 Å². The van der Waals surface area contributed by atoms with Crippen LogP contribution in [0.1, 0.15) is 29.2 Å². The fourth-order valence-electron chi connectivity index (χ4n) is 3.45. The number of aryl methyl sites for hydroxylation is 1. The highest BCUT2D eigenvalue weighted by Crippen LogP contribution is 2.42. The van der Waals surface area contributed by atoms with Gasteiger partial charge in [0.05, 0.1) is 5.69 Å². The summed E-state index contributed by atoms with van der Waals surface area (Å²) >= 11 is 5.84. The Kier molecular flexibility index (Phi) is 4.83. The number of para-hydroxylation sites is 1. The van der Waals surface area contributed by atoms with Crippen molar-refractivity contribution in [2.45, 2.75) is 19.3 Å². The number of carbonyl (C=O) groups is 1. The van der Waals surface area contributed by atoms with Crippen LogP contribution >= 0.6 is 11.6 Å². The molecule has 0 aliphatic carbocycles. The molecule has 0 spiro atoms. The molecule has 3 aromatic rings. The molecule has 1 aromatic carbocycles. The van der Waals surface area contributed by atoms with E-state index in [1.54, 1.807) is 22.9 Å². The average Bonchev–Trinajstić information content (AvgIpc) is 3.03. The Morgan fingerprint density at radius 1 is 1.32 bits per heavy atom. The predicted octanol–water partition coefficient (Wildman–Crippen LogP) is 3.66. The number of hydrogen-bond donors (Lipinski definition) is 1. The van der Waals surface area contributed by atoms with E-state index in [-0.39, 0.29) is 17.0 Å². The van der Waals surface area contributed by atoms with Crippen LogP contribution in [-0.2, 0) is 4.79 Å². The molecule has 8 heteroatoms. The minimum absolute atomic E-state index is 0.0981. The molecule has 0 saturated heterocycles. The number of nitrogens with zero attached hydrogens (tertiary/aromatic N) is 4. The molecule has 4 rings (SSSR count). The van der Waals surface area contributed by atoms with Crippen LogP contribution in [0.15, 0.2) is 49.1 Å². The van der Waals surface area contributed by atoms with Crippen LogP contribution in [0.25, 0.3) is 5.82 Å². The molecule has 0 radical (unpaired) electrons. The molecule has 1 N–H and O–H groups in total. The van der Waals surface area contributed by atoms with Gasteiger partial charge in [-0.15, -0.1) is 10.2 Å². The highest BCUT2D eigenvalue weighted by molar-refractivity contribution is 6.29. The van der Waals surface area contributed by atoms with Gasteiger partial charge in [-0.25, -0.2) is 0 Å². The fraction of sp³-hybridized carbons (Fsp3) is 0.200. The number of rotatable bonds is 5. The summed E-state index contributed by atoms with van der Waals surface area (Å²) in [5.41, 5.74) is 2.67. The maximum absolute atomic E-state index is 12.5. The van der Waals surface area contributed by atoms with Crippen molar-refractivity contribution in [3.05, 3.63) is 71.0 Å². The van der Waals surface area contributed by atoms with Crippen LogP contribution in [0.3, 0.4) is 0 Å². The Bertz CT molecular complexity index is 1050. The Morgan fingerprint density at radius 2 is 2.14 bits per heavy atom. The monoisotopic (exact) mass is 395 g/mol. The summed E-state index contributed by atoms with van der Waals surface area (Å²) in [5.74, 6) is 1.52. The summed E-state index contributed by atoms with van der Waals surface area (Å²) in [6.07, 6.45) is 2.00. The molecule has 1 aliphatic rings. The molecule has 3 heterocycles. The number of carbonyl (C=O) groups excluding carboxylic acids is 1. The van der Waals surface area contributed by atoms with E-state index < -0.39 is 0 Å². The van der Waals surface area contributed by atoms with Crippen molar-refractivity contribution in [1.29, 1.82) is 0 Å². The lowest BCUT2D eigenvalue weighted by Crippen LogP contribution is -2.25. The molecule has 2 aromatic heterocycles. The van der Waals surface area contributed by atoms with Crippen molar-refractivity contribution in [2.75, 3.05) is 11.9 Å². The molecular formula is C20H18ClN5O2. The summed E-state index contributed by atoms with van der Waals surface area (Å²) in [4.78, 5) is 12.5. The van der Waals surface area contributed by atoms with Gasteiger partial charge in [0.25, 0.3) is 0 Å². The quantitative estimate of drug-likeness (QED) is 0.666. The van der Waals surface area contributed by atoms with Gasteiger partial charge in [-0.3, -0.25) is 4.79 Å². The first-order valence-corrected chi connectivity index (χ1v) is 9.18. The largest absolute Gasteiger partial charge is 0.489 e. The normalized spacial score (nSPS) is 15.6. The van der Waals surface area contributed by atoms with Crippen molar-refractivity contribution >= 4 is 23.3 Å². The molecule has 0 fully saturated rings. The summed E-state index contributed by atoms with van der Waals surface area (Å²) in [7, 11) is 0. The van der Waals surface area contributed by atoms with Gasteiger partial charge in [-0.1, -0.05) is 42.5 Å². The molecule has 1 aliphatic heterocycles. The van der Waals surface area contributed by atoms with Crippen LogP contribution in [0.4, 0.5) is 5.82 Å². The molecular weight excluding hydrogens is 378 g/mol. The summed E-state index contributed by atoms with van der Waals surface area (Å²) < 4.78 is 7.41. The van der Waals surface area contributed by atoms with Crippen LogP contribution in [-0.4, -0.2) is 32.5 Å². The molecule has 28 heavy (non-hydrogen) atoms. The van der Waals surface area contributed by atoms with E-state index in [1.165, 1.54) is 0 Å². The number of amides is 1. The van der Waals surface area contributed by atoms with Gasteiger partial charge in [-0.05, 0) is 25.1 Å². The van der Waals surface area contributed by atoms with Crippen LogP contribution in [0.2, 0.25) is 5.15 Å². The van der Waals surface area contributed by atoms with Gasteiger partial charge in [0, 0.05) is 23.5 Å². The van der Waals surface area contributed by atoms with E-state index in [1.807, 2.05) is 31.2 Å². The van der Waals surface area contributed by atoms with Crippen molar-refractivity contribution in [3.63, 3.8) is 0 Å². The Labute approximate surface area is 167 Å². The van der Waals surface area contributed by atoms with Crippen molar-refractivity contribution in [2.24, 2.45) is 0 Å². The Hall–Kier alpha value is -3.19. The zero-order valence-corrected chi connectivity index (χ0v) is 16.0. The lowest BCUT2D eigenvalue weighted by Gasteiger charge is -2.25. The molecule has 1 amide bonds. The summed E-state index contributed by atoms with van der Waals surface area (Å²) in [6.45, 7) is 6.00. The van der Waals surface area contributed by atoms with E-state index in [9.17, 15) is 4.79 Å². The van der Waals surface area contributed by atoms with E-state index in [0.29, 0.717) is 24.7 Å². The number of fused-ring (bicyclic) bond motifs is 1. The second-order valence-electron chi connectivity index (χ2n) is 6.42. The third kappa shape index (κ3) is 3.25. The van der Waals surface area contributed by atoms with E-state index in [2.05, 4.69) is 27.2 Å². The van der Waals surface area contributed by atoms with E-state index >= 15 is 0 Å². The van der Waals surface area contributed by atoms with Crippen LogP contribution in [0, 0.1) is 6.92 Å². The SMILES string of the molecule is C=CCOc1ccccc1[C@H]1CC(=O)Nc2c1c(C)nn2-c1ccc(Cl)nn1. The third-order valence-corrected chi connectivity index (χ3v) is 4.79. The van der Waals surface area contributed by atoms with Gasteiger partial charge < -0.3 is 10.1 Å². The molecule has 0 bridgehead atoms. The number of hydrogen-bond acceptors (Lipinski definition) is 5. The lowest BCUT2D eigenvalue weighted by atomic mass is 9.85. The van der Waals surface area contributed by atoms with Crippen molar-refractivity contribution in [3.8, 4) is 11.6 Å². The highest BCUT2D eigenvalue weighted by Gasteiger charge is 2.34. The van der Waals surface area contributed by atoms with Gasteiger partial charge >= 0.3 is 0 Å². The molecule has 0 unspecified atom stereocenters. The average molecular weight is 396 g/mol. The maximum atomic E-state index is 12.5. The minimum Gasteiger partial charge on any atom is -0.489 e. The zero-order chi connectivity index (χ0) is 19.7. The van der Waals surface area contributed by atoms with Crippen molar-refractivity contribution in [1.82, 2.24) is 20.0 Å². The zero-order valence-electron chi connectivity index (χ0n) is 15.2. The van der Waals surface area contributed by atoms with Gasteiger partial charge in [0.2, 0.25) is 5.91 Å². The predicted molar refractivity (Wildman–Crippen MR) is 106 cm³/mol. The molecule has 0 saturated carbocycles. The standard InChI is InChI=1S/C20H18ClN5O2/c1-3-10-28-15-7-5-4-6-13(15)14-11-18(27)22-20-19(14)12(2)25-26(20)17-9-8-16(21)23-24-17/h3-9,14H,1,10-11H2,2H3,(H,22,27)/t14-/m1/s1. The second kappa shape index (κ2) is 7.44.